The van der Waals surface area contributed by atoms with Crippen molar-refractivity contribution in [3.05, 3.63) is 20.8 Å². The summed E-state index contributed by atoms with van der Waals surface area (Å²) >= 11 is 5.05. The molecule has 1 aromatic rings. The Balaban J connectivity index is 1.77. The summed E-state index contributed by atoms with van der Waals surface area (Å²) in [7, 11) is 0. The van der Waals surface area contributed by atoms with Gasteiger partial charge >= 0.3 is 0 Å². The molecule has 0 bridgehead atoms. The van der Waals surface area contributed by atoms with Gasteiger partial charge in [0.05, 0.1) is 0 Å². The first-order valence-electron chi connectivity index (χ1n) is 5.70. The molecule has 1 aromatic heterocycles. The zero-order chi connectivity index (χ0) is 11.2. The van der Waals surface area contributed by atoms with Gasteiger partial charge in [0.25, 0.3) is 0 Å². The van der Waals surface area contributed by atoms with E-state index in [0.717, 1.165) is 29.5 Å². The van der Waals surface area contributed by atoms with Crippen LogP contribution in [0.15, 0.2) is 15.2 Å². The number of carbonyl (C=O) groups excluding carboxylic acids is 1. The molecule has 2 aliphatic rings. The van der Waals surface area contributed by atoms with Gasteiger partial charge in [-0.05, 0) is 53.7 Å². The normalized spacial score (nSPS) is 26.9. The average molecular weight is 300 g/mol. The average Bonchev–Trinajstić information content (AvgIpc) is 2.80. The second-order valence-electron chi connectivity index (χ2n) is 4.87. The number of carbonyl (C=O) groups is 1. The van der Waals surface area contributed by atoms with Gasteiger partial charge in [0.1, 0.15) is 0 Å². The number of halogens is 1. The van der Waals surface area contributed by atoms with Crippen LogP contribution in [0.5, 0.6) is 0 Å². The van der Waals surface area contributed by atoms with Crippen LogP contribution in [-0.4, -0.2) is 18.9 Å². The van der Waals surface area contributed by atoms with Crippen molar-refractivity contribution in [1.82, 2.24) is 5.32 Å². The van der Waals surface area contributed by atoms with E-state index in [9.17, 15) is 4.79 Å². The van der Waals surface area contributed by atoms with Crippen molar-refractivity contribution in [3.63, 3.8) is 0 Å². The molecule has 1 aliphatic heterocycles. The molecule has 3 rings (SSSR count). The minimum atomic E-state index is 0.292. The molecular weight excluding hydrogens is 286 g/mol. The van der Waals surface area contributed by atoms with Gasteiger partial charge < -0.3 is 5.32 Å². The molecule has 4 heteroatoms. The predicted octanol–water partition coefficient (Wildman–Crippen LogP) is 3.08. The van der Waals surface area contributed by atoms with Crippen LogP contribution >= 0.6 is 27.3 Å². The van der Waals surface area contributed by atoms with Crippen molar-refractivity contribution in [2.24, 2.45) is 11.3 Å². The quantitative estimate of drug-likeness (QED) is 0.850. The molecule has 1 atom stereocenters. The van der Waals surface area contributed by atoms with E-state index in [2.05, 4.69) is 21.2 Å². The summed E-state index contributed by atoms with van der Waals surface area (Å²) in [5.41, 5.74) is 1.24. The van der Waals surface area contributed by atoms with E-state index in [1.807, 2.05) is 10.8 Å². The van der Waals surface area contributed by atoms with Crippen LogP contribution in [0.25, 0.3) is 0 Å². The maximum absolute atomic E-state index is 12.3. The highest BCUT2D eigenvalue weighted by Gasteiger charge is 2.57. The van der Waals surface area contributed by atoms with Crippen molar-refractivity contribution in [2.45, 2.75) is 19.3 Å². The topological polar surface area (TPSA) is 29.1 Å². The molecule has 2 fully saturated rings. The summed E-state index contributed by atoms with van der Waals surface area (Å²) in [6.45, 7) is 2.16. The fourth-order valence-electron chi connectivity index (χ4n) is 2.84. The molecule has 1 aliphatic carbocycles. The van der Waals surface area contributed by atoms with E-state index in [1.54, 1.807) is 11.3 Å². The molecule has 0 aromatic carbocycles. The van der Waals surface area contributed by atoms with Gasteiger partial charge in [-0.2, -0.15) is 11.3 Å². The van der Waals surface area contributed by atoms with Crippen LogP contribution in [0.3, 0.4) is 0 Å². The number of ketones is 1. The Bertz CT molecular complexity index is 422. The van der Waals surface area contributed by atoms with Crippen molar-refractivity contribution >= 4 is 33.0 Å². The third-order valence-electron chi connectivity index (χ3n) is 3.99. The highest BCUT2D eigenvalue weighted by atomic mass is 79.9. The third kappa shape index (κ3) is 1.67. The molecular formula is C12H14BrNOS. The summed E-state index contributed by atoms with van der Waals surface area (Å²) in [5.74, 6) is 0.649. The van der Waals surface area contributed by atoms with Crippen molar-refractivity contribution in [2.75, 3.05) is 13.1 Å². The number of piperidine rings is 1. The lowest BCUT2D eigenvalue weighted by Crippen LogP contribution is -2.30. The lowest BCUT2D eigenvalue weighted by atomic mass is 9.90. The molecule has 1 N–H and O–H groups in total. The second kappa shape index (κ2) is 3.93. The van der Waals surface area contributed by atoms with Gasteiger partial charge in [0, 0.05) is 26.7 Å². The Morgan fingerprint density at radius 3 is 2.81 bits per heavy atom. The SMILES string of the molecule is O=C(c1cscc1Br)C1CC12CCNCC2. The smallest absolute Gasteiger partial charge is 0.168 e. The molecule has 0 amide bonds. The van der Waals surface area contributed by atoms with Gasteiger partial charge in [-0.3, -0.25) is 4.79 Å². The molecule has 86 valence electrons. The van der Waals surface area contributed by atoms with Crippen LogP contribution in [0.4, 0.5) is 0 Å². The molecule has 1 spiro atoms. The number of nitrogens with one attached hydrogen (secondary N) is 1. The Hall–Kier alpha value is -0.190. The van der Waals surface area contributed by atoms with Crippen LogP contribution in [0.1, 0.15) is 29.6 Å². The first kappa shape index (κ1) is 10.9. The van der Waals surface area contributed by atoms with Crippen LogP contribution < -0.4 is 5.32 Å². The van der Waals surface area contributed by atoms with Gasteiger partial charge in [0.15, 0.2) is 5.78 Å². The van der Waals surface area contributed by atoms with Crippen molar-refractivity contribution in [1.29, 1.82) is 0 Å². The van der Waals surface area contributed by atoms with Crippen LogP contribution in [0, 0.1) is 11.3 Å². The summed E-state index contributed by atoms with van der Waals surface area (Å²) in [5, 5.41) is 7.33. The Morgan fingerprint density at radius 1 is 1.44 bits per heavy atom. The highest BCUT2D eigenvalue weighted by molar-refractivity contribution is 9.10. The highest BCUT2D eigenvalue weighted by Crippen LogP contribution is 2.59. The number of hydrogen-bond donors (Lipinski definition) is 1. The number of rotatable bonds is 2. The Kier molecular flexibility index (Phi) is 2.68. The summed E-state index contributed by atoms with van der Waals surface area (Å²) in [6.07, 6.45) is 3.45. The second-order valence-corrected chi connectivity index (χ2v) is 6.46. The number of hydrogen-bond acceptors (Lipinski definition) is 3. The lowest BCUT2D eigenvalue weighted by Gasteiger charge is -2.23. The van der Waals surface area contributed by atoms with Crippen molar-refractivity contribution in [3.8, 4) is 0 Å². The molecule has 16 heavy (non-hydrogen) atoms. The van der Waals surface area contributed by atoms with Gasteiger partial charge in [-0.1, -0.05) is 0 Å². The fraction of sp³-hybridized carbons (Fsp3) is 0.583. The van der Waals surface area contributed by atoms with E-state index < -0.39 is 0 Å². The van der Waals surface area contributed by atoms with E-state index in [-0.39, 0.29) is 0 Å². The Labute approximate surface area is 108 Å². The fourth-order valence-corrected chi connectivity index (χ4v) is 4.32. The number of thiophene rings is 1. The summed E-state index contributed by atoms with van der Waals surface area (Å²) in [6, 6.07) is 0. The van der Waals surface area contributed by atoms with E-state index in [1.165, 1.54) is 12.8 Å². The molecule has 1 unspecified atom stereocenters. The van der Waals surface area contributed by atoms with Crippen LogP contribution in [-0.2, 0) is 0 Å². The van der Waals surface area contributed by atoms with E-state index in [4.69, 9.17) is 0 Å². The first-order valence-corrected chi connectivity index (χ1v) is 7.43. The van der Waals surface area contributed by atoms with E-state index >= 15 is 0 Å². The van der Waals surface area contributed by atoms with Gasteiger partial charge in [-0.15, -0.1) is 0 Å². The monoisotopic (exact) mass is 299 g/mol. The first-order chi connectivity index (χ1) is 7.73. The maximum atomic E-state index is 12.3. The Morgan fingerprint density at radius 2 is 2.19 bits per heavy atom. The minimum Gasteiger partial charge on any atom is -0.317 e. The largest absolute Gasteiger partial charge is 0.317 e. The van der Waals surface area contributed by atoms with Crippen molar-refractivity contribution < 1.29 is 4.79 Å². The molecule has 1 saturated heterocycles. The standard InChI is InChI=1S/C12H14BrNOS/c13-10-7-16-6-8(10)11(15)9-5-12(9)1-3-14-4-2-12/h6-7,9,14H,1-5H2. The zero-order valence-electron chi connectivity index (χ0n) is 8.96. The maximum Gasteiger partial charge on any atom is 0.168 e. The number of Topliss-reactive ketones (excluding diaryl/α,β-unsaturated/α-hetero) is 1. The minimum absolute atomic E-state index is 0.292. The molecule has 2 nitrogen and oxygen atoms in total. The molecule has 0 radical (unpaired) electrons. The molecule has 2 heterocycles. The third-order valence-corrected chi connectivity index (χ3v) is 5.69. The zero-order valence-corrected chi connectivity index (χ0v) is 11.4. The summed E-state index contributed by atoms with van der Waals surface area (Å²) < 4.78 is 0.971. The van der Waals surface area contributed by atoms with Gasteiger partial charge in [-0.25, -0.2) is 0 Å². The van der Waals surface area contributed by atoms with E-state index in [0.29, 0.717) is 17.1 Å². The summed E-state index contributed by atoms with van der Waals surface area (Å²) in [4.78, 5) is 12.3. The lowest BCUT2D eigenvalue weighted by molar-refractivity contribution is 0.0940. The predicted molar refractivity (Wildman–Crippen MR) is 69.0 cm³/mol. The molecule has 1 saturated carbocycles. The van der Waals surface area contributed by atoms with Crippen LogP contribution in [0.2, 0.25) is 0 Å². The van der Waals surface area contributed by atoms with Gasteiger partial charge in [0.2, 0.25) is 0 Å².